The summed E-state index contributed by atoms with van der Waals surface area (Å²) in [7, 11) is 0. The van der Waals surface area contributed by atoms with Gasteiger partial charge in [0, 0.05) is 10.6 Å². The van der Waals surface area contributed by atoms with Crippen LogP contribution in [0.3, 0.4) is 0 Å². The number of esters is 1. The summed E-state index contributed by atoms with van der Waals surface area (Å²) in [6, 6.07) is 19.9. The molecule has 0 spiro atoms. The van der Waals surface area contributed by atoms with Crippen molar-refractivity contribution in [3.63, 3.8) is 0 Å². The molecule has 3 rings (SSSR count). The molecule has 6 heteroatoms. The highest BCUT2D eigenvalue weighted by Gasteiger charge is 2.20. The number of hydrogen-bond acceptors (Lipinski definition) is 4. The molecule has 0 unspecified atom stereocenters. The van der Waals surface area contributed by atoms with Crippen molar-refractivity contribution in [1.29, 1.82) is 5.26 Å². The number of ether oxygens (including phenoxy) is 1. The van der Waals surface area contributed by atoms with Gasteiger partial charge in [0.1, 0.15) is 6.07 Å². The van der Waals surface area contributed by atoms with E-state index in [1.807, 2.05) is 48.5 Å². The number of carbonyl (C=O) groups excluding carboxylic acids is 1. The summed E-state index contributed by atoms with van der Waals surface area (Å²) in [4.78, 5) is 12.5. The van der Waals surface area contributed by atoms with Crippen molar-refractivity contribution in [3.8, 4) is 23.0 Å². The van der Waals surface area contributed by atoms with E-state index in [1.54, 1.807) is 18.2 Å². The first-order valence-corrected chi connectivity index (χ1v) is 7.98. The lowest BCUT2D eigenvalue weighted by Crippen LogP contribution is -2.16. The van der Waals surface area contributed by atoms with Crippen LogP contribution >= 0.6 is 11.6 Å². The highest BCUT2D eigenvalue weighted by atomic mass is 35.5. The molecular weight excluding hydrogens is 338 g/mol. The van der Waals surface area contributed by atoms with E-state index in [-0.39, 0.29) is 5.69 Å². The molecule has 1 atom stereocenters. The molecule has 1 aromatic heterocycles. The molecule has 0 saturated carbocycles. The first kappa shape index (κ1) is 16.7. The zero-order valence-corrected chi connectivity index (χ0v) is 14.1. The number of nitrogens with zero attached hydrogens (tertiary/aromatic N) is 3. The lowest BCUT2D eigenvalue weighted by molar-refractivity contribution is 0.0424. The highest BCUT2D eigenvalue weighted by molar-refractivity contribution is 6.30. The third-order valence-corrected chi connectivity index (χ3v) is 3.78. The standard InChI is InChI=1S/C19H14ClN3O2/c1-13(12-21)25-19(24)18-11-17(14-7-9-15(20)10-8-14)22-23(18)16-5-3-2-4-6-16/h2-11,13H,1H3/t13-/m1/s1. The topological polar surface area (TPSA) is 67.9 Å². The van der Waals surface area contributed by atoms with Gasteiger partial charge in [-0.05, 0) is 37.3 Å². The Morgan fingerprint density at radius 3 is 2.52 bits per heavy atom. The van der Waals surface area contributed by atoms with Crippen molar-refractivity contribution in [2.24, 2.45) is 0 Å². The van der Waals surface area contributed by atoms with E-state index in [0.717, 1.165) is 11.3 Å². The van der Waals surface area contributed by atoms with Crippen LogP contribution < -0.4 is 0 Å². The summed E-state index contributed by atoms with van der Waals surface area (Å²) < 4.78 is 6.64. The van der Waals surface area contributed by atoms with E-state index >= 15 is 0 Å². The number of benzene rings is 2. The van der Waals surface area contributed by atoms with Crippen LogP contribution in [0.15, 0.2) is 60.7 Å². The average Bonchev–Trinajstić information content (AvgIpc) is 3.08. The van der Waals surface area contributed by atoms with Gasteiger partial charge in [0.2, 0.25) is 0 Å². The maximum Gasteiger partial charge on any atom is 0.358 e. The second kappa shape index (κ2) is 7.20. The van der Waals surface area contributed by atoms with Crippen LogP contribution in [-0.2, 0) is 4.74 Å². The Labute approximate surface area is 150 Å². The van der Waals surface area contributed by atoms with E-state index in [2.05, 4.69) is 5.10 Å². The Balaban J connectivity index is 2.07. The summed E-state index contributed by atoms with van der Waals surface area (Å²) in [6.45, 7) is 1.52. The van der Waals surface area contributed by atoms with E-state index < -0.39 is 12.1 Å². The molecule has 3 aromatic rings. The fourth-order valence-corrected chi connectivity index (χ4v) is 2.43. The Hall–Kier alpha value is -3.10. The summed E-state index contributed by atoms with van der Waals surface area (Å²) >= 11 is 5.92. The molecule has 5 nitrogen and oxygen atoms in total. The lowest BCUT2D eigenvalue weighted by atomic mass is 10.1. The molecule has 25 heavy (non-hydrogen) atoms. The average molecular weight is 352 g/mol. The second-order valence-corrected chi connectivity index (χ2v) is 5.78. The molecule has 0 saturated heterocycles. The van der Waals surface area contributed by atoms with Crippen LogP contribution in [0.25, 0.3) is 16.9 Å². The minimum Gasteiger partial charge on any atom is -0.443 e. The Kier molecular flexibility index (Phi) is 4.82. The Morgan fingerprint density at radius 2 is 1.88 bits per heavy atom. The monoisotopic (exact) mass is 351 g/mol. The van der Waals surface area contributed by atoms with Crippen LogP contribution in [0.4, 0.5) is 0 Å². The van der Waals surface area contributed by atoms with Crippen LogP contribution in [0, 0.1) is 11.3 Å². The maximum atomic E-state index is 12.5. The minimum absolute atomic E-state index is 0.248. The zero-order chi connectivity index (χ0) is 17.8. The lowest BCUT2D eigenvalue weighted by Gasteiger charge is -2.08. The SMILES string of the molecule is C[C@H](C#N)OC(=O)c1cc(-c2ccc(Cl)cc2)nn1-c1ccccc1. The number of nitriles is 1. The minimum atomic E-state index is -0.842. The fraction of sp³-hybridized carbons (Fsp3) is 0.105. The molecule has 0 amide bonds. The summed E-state index contributed by atoms with van der Waals surface area (Å²) in [5.41, 5.74) is 2.40. The van der Waals surface area contributed by atoms with Gasteiger partial charge in [-0.3, -0.25) is 0 Å². The van der Waals surface area contributed by atoms with E-state index in [1.165, 1.54) is 11.6 Å². The van der Waals surface area contributed by atoms with Crippen LogP contribution in [-0.4, -0.2) is 21.9 Å². The van der Waals surface area contributed by atoms with Crippen LogP contribution in [0.5, 0.6) is 0 Å². The molecule has 0 aliphatic carbocycles. The highest BCUT2D eigenvalue weighted by Crippen LogP contribution is 2.24. The largest absolute Gasteiger partial charge is 0.443 e. The van der Waals surface area contributed by atoms with Gasteiger partial charge in [0.05, 0.1) is 11.4 Å². The van der Waals surface area contributed by atoms with Crippen molar-refractivity contribution in [1.82, 2.24) is 9.78 Å². The van der Waals surface area contributed by atoms with Gasteiger partial charge in [0.15, 0.2) is 11.8 Å². The predicted octanol–water partition coefficient (Wildman–Crippen LogP) is 4.26. The third kappa shape index (κ3) is 3.70. The van der Waals surface area contributed by atoms with Gasteiger partial charge in [-0.2, -0.15) is 10.4 Å². The molecule has 124 valence electrons. The molecule has 0 aliphatic rings. The van der Waals surface area contributed by atoms with Gasteiger partial charge in [0.25, 0.3) is 0 Å². The number of aromatic nitrogens is 2. The van der Waals surface area contributed by atoms with Crippen LogP contribution in [0.2, 0.25) is 5.02 Å². The fourth-order valence-electron chi connectivity index (χ4n) is 2.30. The summed E-state index contributed by atoms with van der Waals surface area (Å²) in [6.07, 6.45) is -0.842. The number of rotatable bonds is 4. The predicted molar refractivity (Wildman–Crippen MR) is 94.5 cm³/mol. The van der Waals surface area contributed by atoms with Crippen molar-refractivity contribution >= 4 is 17.6 Å². The first-order valence-electron chi connectivity index (χ1n) is 7.60. The molecule has 0 bridgehead atoms. The van der Waals surface area contributed by atoms with E-state index in [9.17, 15) is 4.79 Å². The quantitative estimate of drug-likeness (QED) is 0.658. The maximum absolute atomic E-state index is 12.5. The Bertz CT molecular complexity index is 928. The summed E-state index contributed by atoms with van der Waals surface area (Å²) in [5, 5.41) is 14.0. The van der Waals surface area contributed by atoms with Crippen molar-refractivity contribution in [2.45, 2.75) is 13.0 Å². The van der Waals surface area contributed by atoms with E-state index in [0.29, 0.717) is 10.7 Å². The van der Waals surface area contributed by atoms with Gasteiger partial charge in [-0.1, -0.05) is 41.9 Å². The molecule has 0 aliphatic heterocycles. The van der Waals surface area contributed by atoms with Gasteiger partial charge in [-0.15, -0.1) is 0 Å². The molecular formula is C19H14ClN3O2. The van der Waals surface area contributed by atoms with Crippen LogP contribution in [0.1, 0.15) is 17.4 Å². The Morgan fingerprint density at radius 1 is 1.20 bits per heavy atom. The number of hydrogen-bond donors (Lipinski definition) is 0. The second-order valence-electron chi connectivity index (χ2n) is 5.35. The molecule has 0 fully saturated rings. The molecule has 0 radical (unpaired) electrons. The third-order valence-electron chi connectivity index (χ3n) is 3.52. The van der Waals surface area contributed by atoms with Gasteiger partial charge >= 0.3 is 5.97 Å². The van der Waals surface area contributed by atoms with Crippen molar-refractivity contribution in [2.75, 3.05) is 0 Å². The van der Waals surface area contributed by atoms with Gasteiger partial charge in [-0.25, -0.2) is 9.48 Å². The van der Waals surface area contributed by atoms with Crippen molar-refractivity contribution < 1.29 is 9.53 Å². The number of halogens is 1. The van der Waals surface area contributed by atoms with E-state index in [4.69, 9.17) is 21.6 Å². The normalized spacial score (nSPS) is 11.6. The molecule has 0 N–H and O–H groups in total. The van der Waals surface area contributed by atoms with Crippen molar-refractivity contribution in [3.05, 3.63) is 71.4 Å². The first-order chi connectivity index (χ1) is 12.1. The number of para-hydroxylation sites is 1. The zero-order valence-electron chi connectivity index (χ0n) is 13.4. The molecule has 1 heterocycles. The molecule has 2 aromatic carbocycles. The summed E-state index contributed by atoms with van der Waals surface area (Å²) in [5.74, 6) is -0.606. The smallest absolute Gasteiger partial charge is 0.358 e. The van der Waals surface area contributed by atoms with Gasteiger partial charge < -0.3 is 4.74 Å². The number of carbonyl (C=O) groups is 1.